The van der Waals surface area contributed by atoms with E-state index in [1.165, 1.54) is 83.0 Å². The molecular weight excluding hydrogens is 303 g/mol. The molecule has 1 unspecified atom stereocenters. The molecule has 0 amide bonds. The molecule has 3 nitrogen and oxygen atoms in total. The highest BCUT2D eigenvalue weighted by Gasteiger charge is 2.09. The van der Waals surface area contributed by atoms with Gasteiger partial charge in [-0.15, -0.1) is 0 Å². The van der Waals surface area contributed by atoms with Gasteiger partial charge in [0.25, 0.3) is 0 Å². The van der Waals surface area contributed by atoms with Gasteiger partial charge in [0.05, 0.1) is 0 Å². The van der Waals surface area contributed by atoms with Crippen LogP contribution in [-0.2, 0) is 0 Å². The molecule has 1 aromatic heterocycles. The molecule has 1 aromatic rings. The molecule has 4 heteroatoms. The van der Waals surface area contributed by atoms with E-state index in [1.54, 1.807) is 0 Å². The fourth-order valence-corrected chi connectivity index (χ4v) is 3.03. The Kier molecular flexibility index (Phi) is 12.3. The van der Waals surface area contributed by atoms with Gasteiger partial charge in [-0.3, -0.25) is 0 Å². The Morgan fingerprint density at radius 2 is 1.42 bits per heavy atom. The molecule has 1 heterocycles. The second-order valence-corrected chi connectivity index (χ2v) is 6.85. The number of aromatic nitrogens is 2. The van der Waals surface area contributed by atoms with E-state index in [4.69, 9.17) is 0 Å². The van der Waals surface area contributed by atoms with Crippen LogP contribution in [0.4, 0.5) is 4.39 Å². The first-order valence-corrected chi connectivity index (χ1v) is 9.92. The van der Waals surface area contributed by atoms with Crippen molar-refractivity contribution in [2.75, 3.05) is 0 Å². The van der Waals surface area contributed by atoms with Crippen LogP contribution in [0.5, 0.6) is 0 Å². The van der Waals surface area contributed by atoms with Gasteiger partial charge in [-0.1, -0.05) is 90.4 Å². The third kappa shape index (κ3) is 10.6. The zero-order chi connectivity index (χ0) is 17.5. The lowest BCUT2D eigenvalue weighted by Gasteiger charge is -2.07. The predicted octanol–water partition coefficient (Wildman–Crippen LogP) is 6.26. The van der Waals surface area contributed by atoms with Crippen molar-refractivity contribution < 1.29 is 4.39 Å². The minimum absolute atomic E-state index is 0.424. The van der Waals surface area contributed by atoms with E-state index in [9.17, 15) is 9.18 Å². The highest BCUT2D eigenvalue weighted by molar-refractivity contribution is 5.06. The lowest BCUT2D eigenvalue weighted by Crippen LogP contribution is -2.10. The van der Waals surface area contributed by atoms with Crippen molar-refractivity contribution in [3.63, 3.8) is 0 Å². The minimum atomic E-state index is -1.01. The van der Waals surface area contributed by atoms with Crippen LogP contribution in [0.2, 0.25) is 0 Å². The SMILES string of the molecule is CCCCCCCCCCCCCCCC(F)c1cnc(=O)[nH]c1. The second-order valence-electron chi connectivity index (χ2n) is 6.85. The van der Waals surface area contributed by atoms with Crippen LogP contribution in [0.15, 0.2) is 17.2 Å². The van der Waals surface area contributed by atoms with Gasteiger partial charge in [-0.05, 0) is 6.42 Å². The molecule has 0 aromatic carbocycles. The van der Waals surface area contributed by atoms with Gasteiger partial charge in [-0.2, -0.15) is 0 Å². The van der Waals surface area contributed by atoms with E-state index >= 15 is 0 Å². The third-order valence-electron chi connectivity index (χ3n) is 4.62. The van der Waals surface area contributed by atoms with E-state index in [0.717, 1.165) is 12.8 Å². The number of nitrogens with zero attached hydrogens (tertiary/aromatic N) is 1. The van der Waals surface area contributed by atoms with Gasteiger partial charge in [0.1, 0.15) is 6.17 Å². The summed E-state index contributed by atoms with van der Waals surface area (Å²) in [6.45, 7) is 2.26. The van der Waals surface area contributed by atoms with E-state index in [1.807, 2.05) is 0 Å². The normalized spacial score (nSPS) is 12.4. The van der Waals surface area contributed by atoms with Crippen LogP contribution >= 0.6 is 0 Å². The Morgan fingerprint density at radius 1 is 0.917 bits per heavy atom. The van der Waals surface area contributed by atoms with Gasteiger partial charge in [0.15, 0.2) is 0 Å². The summed E-state index contributed by atoms with van der Waals surface area (Å²) in [6, 6.07) is 0. The number of rotatable bonds is 15. The van der Waals surface area contributed by atoms with Crippen molar-refractivity contribution in [2.45, 2.75) is 103 Å². The highest BCUT2D eigenvalue weighted by Crippen LogP contribution is 2.22. The molecule has 1 N–H and O–H groups in total. The van der Waals surface area contributed by atoms with Gasteiger partial charge in [0.2, 0.25) is 0 Å². The maximum Gasteiger partial charge on any atom is 0.344 e. The Labute approximate surface area is 146 Å². The molecular formula is C20H35FN2O. The summed E-state index contributed by atoms with van der Waals surface area (Å²) in [5.41, 5.74) is 0.0560. The Hall–Kier alpha value is -1.19. The molecule has 0 saturated carbocycles. The summed E-state index contributed by atoms with van der Waals surface area (Å²) in [7, 11) is 0. The van der Waals surface area contributed by atoms with Gasteiger partial charge in [-0.25, -0.2) is 14.2 Å². The maximum atomic E-state index is 13.9. The van der Waals surface area contributed by atoms with E-state index < -0.39 is 11.9 Å². The summed E-state index contributed by atoms with van der Waals surface area (Å²) >= 11 is 0. The topological polar surface area (TPSA) is 45.8 Å². The summed E-state index contributed by atoms with van der Waals surface area (Å²) in [6.07, 6.45) is 19.1. The maximum absolute atomic E-state index is 13.9. The molecule has 0 fully saturated rings. The average Bonchev–Trinajstić information content (AvgIpc) is 2.59. The number of unbranched alkanes of at least 4 members (excludes halogenated alkanes) is 12. The molecule has 0 aliphatic heterocycles. The quantitative estimate of drug-likeness (QED) is 0.383. The van der Waals surface area contributed by atoms with E-state index in [2.05, 4.69) is 16.9 Å². The average molecular weight is 339 g/mol. The molecule has 1 rings (SSSR count). The van der Waals surface area contributed by atoms with Crippen LogP contribution < -0.4 is 5.69 Å². The standard InChI is InChI=1S/C20H35FN2O/c1-2-3-4-5-6-7-8-9-10-11-12-13-14-15-19(21)18-16-22-20(24)23-17-18/h16-17,19H,2-15H2,1H3,(H,22,23,24). The summed E-state index contributed by atoms with van der Waals surface area (Å²) in [5, 5.41) is 0. The van der Waals surface area contributed by atoms with Crippen molar-refractivity contribution in [1.29, 1.82) is 0 Å². The second kappa shape index (κ2) is 14.2. The minimum Gasteiger partial charge on any atom is -0.312 e. The van der Waals surface area contributed by atoms with Gasteiger partial charge < -0.3 is 4.98 Å². The third-order valence-corrected chi connectivity index (χ3v) is 4.62. The molecule has 0 bridgehead atoms. The van der Waals surface area contributed by atoms with Crippen LogP contribution in [0.1, 0.15) is 109 Å². The number of aromatic amines is 1. The Balaban J connectivity index is 1.86. The number of halogens is 1. The van der Waals surface area contributed by atoms with Crippen molar-refractivity contribution in [2.24, 2.45) is 0 Å². The predicted molar refractivity (Wildman–Crippen MR) is 99.0 cm³/mol. The van der Waals surface area contributed by atoms with E-state index in [0.29, 0.717) is 12.0 Å². The molecule has 24 heavy (non-hydrogen) atoms. The van der Waals surface area contributed by atoms with Crippen molar-refractivity contribution in [3.8, 4) is 0 Å². The number of hydrogen-bond donors (Lipinski definition) is 1. The summed E-state index contributed by atoms with van der Waals surface area (Å²) in [5.74, 6) is 0. The molecule has 0 radical (unpaired) electrons. The number of H-pyrrole nitrogens is 1. The number of nitrogens with one attached hydrogen (secondary N) is 1. The van der Waals surface area contributed by atoms with Crippen LogP contribution in [0.3, 0.4) is 0 Å². The van der Waals surface area contributed by atoms with Gasteiger partial charge >= 0.3 is 5.69 Å². The van der Waals surface area contributed by atoms with E-state index in [-0.39, 0.29) is 0 Å². The highest BCUT2D eigenvalue weighted by atomic mass is 19.1. The lowest BCUT2D eigenvalue weighted by molar-refractivity contribution is 0.311. The fraction of sp³-hybridized carbons (Fsp3) is 0.800. The van der Waals surface area contributed by atoms with Crippen LogP contribution in [0, 0.1) is 0 Å². The van der Waals surface area contributed by atoms with Crippen molar-refractivity contribution in [1.82, 2.24) is 9.97 Å². The molecule has 0 aliphatic rings. The monoisotopic (exact) mass is 338 g/mol. The first-order valence-electron chi connectivity index (χ1n) is 9.92. The van der Waals surface area contributed by atoms with Crippen LogP contribution in [-0.4, -0.2) is 9.97 Å². The number of alkyl halides is 1. The molecule has 0 spiro atoms. The fourth-order valence-electron chi connectivity index (χ4n) is 3.03. The smallest absolute Gasteiger partial charge is 0.312 e. The van der Waals surface area contributed by atoms with Crippen molar-refractivity contribution in [3.05, 3.63) is 28.4 Å². The van der Waals surface area contributed by atoms with Crippen molar-refractivity contribution >= 4 is 0 Å². The zero-order valence-electron chi connectivity index (χ0n) is 15.4. The van der Waals surface area contributed by atoms with Gasteiger partial charge in [0, 0.05) is 18.0 Å². The largest absolute Gasteiger partial charge is 0.344 e. The Bertz CT molecular complexity index is 441. The first-order chi connectivity index (χ1) is 11.7. The molecule has 1 atom stereocenters. The Morgan fingerprint density at radius 3 is 1.88 bits per heavy atom. The summed E-state index contributed by atoms with van der Waals surface area (Å²) in [4.78, 5) is 16.8. The summed E-state index contributed by atoms with van der Waals surface area (Å²) < 4.78 is 13.9. The molecule has 138 valence electrons. The molecule has 0 aliphatic carbocycles. The number of hydrogen-bond acceptors (Lipinski definition) is 2. The first kappa shape index (κ1) is 20.9. The lowest BCUT2D eigenvalue weighted by atomic mass is 10.0. The van der Waals surface area contributed by atoms with Crippen LogP contribution in [0.25, 0.3) is 0 Å². The molecule has 0 saturated heterocycles. The zero-order valence-corrected chi connectivity index (χ0v) is 15.4.